The van der Waals surface area contributed by atoms with Crippen LogP contribution in [0.25, 0.3) is 0 Å². The van der Waals surface area contributed by atoms with E-state index in [1.807, 2.05) is 18.2 Å². The fraction of sp³-hybridized carbons (Fsp3) is 0.538. The van der Waals surface area contributed by atoms with Crippen molar-refractivity contribution in [3.63, 3.8) is 0 Å². The summed E-state index contributed by atoms with van der Waals surface area (Å²) in [5.74, 6) is 0.364. The largest absolute Gasteiger partial charge is 0.391 e. The van der Waals surface area contributed by atoms with E-state index >= 15 is 0 Å². The van der Waals surface area contributed by atoms with Gasteiger partial charge in [-0.05, 0) is 42.5 Å². The lowest BCUT2D eigenvalue weighted by molar-refractivity contribution is 0.0844. The van der Waals surface area contributed by atoms with Gasteiger partial charge in [0.2, 0.25) is 0 Å². The van der Waals surface area contributed by atoms with Crippen molar-refractivity contribution in [2.24, 2.45) is 11.7 Å². The molecule has 0 amide bonds. The van der Waals surface area contributed by atoms with Crippen LogP contribution < -0.4 is 5.73 Å². The standard InChI is InChI=1S/C13H17Br2NO.ClH/c14-10-5-9(6-11(15)7-10)12(16)13(17)8-3-1-2-4-8;/h5-8,12-13,17H,1-4,16H2;1H/t12-,13+;/m0./s1. The van der Waals surface area contributed by atoms with Gasteiger partial charge in [-0.25, -0.2) is 0 Å². The van der Waals surface area contributed by atoms with Crippen molar-refractivity contribution in [1.82, 2.24) is 0 Å². The lowest BCUT2D eigenvalue weighted by Crippen LogP contribution is -2.31. The molecule has 0 saturated heterocycles. The Morgan fingerprint density at radius 1 is 1.11 bits per heavy atom. The molecule has 0 radical (unpaired) electrons. The zero-order valence-electron chi connectivity index (χ0n) is 9.98. The normalized spacial score (nSPS) is 19.3. The molecule has 1 aliphatic carbocycles. The molecule has 1 aromatic carbocycles. The third-order valence-electron chi connectivity index (χ3n) is 3.52. The average molecular weight is 400 g/mol. The molecule has 0 aliphatic heterocycles. The SMILES string of the molecule is Cl.N[C@@H](c1cc(Br)cc(Br)c1)[C@H](O)C1CCCC1. The van der Waals surface area contributed by atoms with E-state index in [1.54, 1.807) is 0 Å². The second-order valence-electron chi connectivity index (χ2n) is 4.76. The average Bonchev–Trinajstić information content (AvgIpc) is 2.79. The minimum absolute atomic E-state index is 0. The predicted molar refractivity (Wildman–Crippen MR) is 84.0 cm³/mol. The van der Waals surface area contributed by atoms with Crippen LogP contribution in [0.3, 0.4) is 0 Å². The smallest absolute Gasteiger partial charge is 0.0760 e. The van der Waals surface area contributed by atoms with Crippen LogP contribution in [0.1, 0.15) is 37.3 Å². The van der Waals surface area contributed by atoms with Gasteiger partial charge in [0.05, 0.1) is 12.1 Å². The van der Waals surface area contributed by atoms with Crippen molar-refractivity contribution in [3.8, 4) is 0 Å². The Morgan fingerprint density at radius 2 is 1.61 bits per heavy atom. The van der Waals surface area contributed by atoms with E-state index in [0.717, 1.165) is 27.4 Å². The third kappa shape index (κ3) is 3.94. The van der Waals surface area contributed by atoms with Crippen LogP contribution in [0.15, 0.2) is 27.1 Å². The highest BCUT2D eigenvalue weighted by atomic mass is 79.9. The molecule has 1 saturated carbocycles. The van der Waals surface area contributed by atoms with E-state index in [2.05, 4.69) is 31.9 Å². The lowest BCUT2D eigenvalue weighted by Gasteiger charge is -2.25. The number of benzene rings is 1. The van der Waals surface area contributed by atoms with Crippen molar-refractivity contribution in [2.45, 2.75) is 37.8 Å². The molecule has 1 fully saturated rings. The van der Waals surface area contributed by atoms with Crippen LogP contribution in [0.4, 0.5) is 0 Å². The Balaban J connectivity index is 0.00000162. The number of hydrogen-bond donors (Lipinski definition) is 2. The van der Waals surface area contributed by atoms with Crippen molar-refractivity contribution in [2.75, 3.05) is 0 Å². The number of nitrogens with two attached hydrogens (primary N) is 1. The first kappa shape index (κ1) is 16.4. The maximum Gasteiger partial charge on any atom is 0.0760 e. The molecule has 0 spiro atoms. The quantitative estimate of drug-likeness (QED) is 0.801. The second-order valence-corrected chi connectivity index (χ2v) is 6.60. The van der Waals surface area contributed by atoms with Crippen molar-refractivity contribution >= 4 is 44.3 Å². The molecule has 2 atom stereocenters. The molecule has 2 nitrogen and oxygen atoms in total. The molecule has 18 heavy (non-hydrogen) atoms. The summed E-state index contributed by atoms with van der Waals surface area (Å²) < 4.78 is 1.96. The van der Waals surface area contributed by atoms with Crippen LogP contribution in [0.2, 0.25) is 0 Å². The molecule has 1 aromatic rings. The minimum atomic E-state index is -0.432. The molecule has 0 aromatic heterocycles. The van der Waals surface area contributed by atoms with Crippen LogP contribution in [0.5, 0.6) is 0 Å². The van der Waals surface area contributed by atoms with Gasteiger partial charge in [-0.3, -0.25) is 0 Å². The number of hydrogen-bond acceptors (Lipinski definition) is 2. The molecule has 5 heteroatoms. The summed E-state index contributed by atoms with van der Waals surface area (Å²) in [4.78, 5) is 0. The Labute approximate surface area is 131 Å². The van der Waals surface area contributed by atoms with E-state index < -0.39 is 6.10 Å². The molecule has 0 heterocycles. The first-order chi connectivity index (χ1) is 8.08. The van der Waals surface area contributed by atoms with Crippen molar-refractivity contribution in [1.29, 1.82) is 0 Å². The first-order valence-corrected chi connectivity index (χ1v) is 7.56. The van der Waals surface area contributed by atoms with E-state index in [0.29, 0.717) is 5.92 Å². The second kappa shape index (κ2) is 7.25. The highest BCUT2D eigenvalue weighted by Crippen LogP contribution is 2.33. The van der Waals surface area contributed by atoms with Gasteiger partial charge in [0.1, 0.15) is 0 Å². The summed E-state index contributed by atoms with van der Waals surface area (Å²) in [6.07, 6.45) is 4.21. The maximum absolute atomic E-state index is 10.3. The van der Waals surface area contributed by atoms with Gasteiger partial charge in [0, 0.05) is 8.95 Å². The van der Waals surface area contributed by atoms with Crippen molar-refractivity contribution < 1.29 is 5.11 Å². The fourth-order valence-corrected chi connectivity index (χ4v) is 3.89. The number of aliphatic hydroxyl groups excluding tert-OH is 1. The molecule has 102 valence electrons. The van der Waals surface area contributed by atoms with Gasteiger partial charge in [-0.1, -0.05) is 44.7 Å². The fourth-order valence-electron chi connectivity index (χ4n) is 2.56. The summed E-state index contributed by atoms with van der Waals surface area (Å²) >= 11 is 6.89. The third-order valence-corrected chi connectivity index (χ3v) is 4.44. The topological polar surface area (TPSA) is 46.2 Å². The highest BCUT2D eigenvalue weighted by Gasteiger charge is 2.28. The van der Waals surface area contributed by atoms with E-state index in [9.17, 15) is 5.11 Å². The number of halogens is 3. The van der Waals surface area contributed by atoms with Gasteiger partial charge in [-0.2, -0.15) is 0 Å². The first-order valence-electron chi connectivity index (χ1n) is 5.97. The van der Waals surface area contributed by atoms with Gasteiger partial charge in [-0.15, -0.1) is 12.4 Å². The molecule has 1 aliphatic rings. The predicted octanol–water partition coefficient (Wildman–Crippen LogP) is 4.18. The Hall–Kier alpha value is 0.390. The Morgan fingerprint density at radius 3 is 2.11 bits per heavy atom. The van der Waals surface area contributed by atoms with E-state index in [-0.39, 0.29) is 18.4 Å². The number of rotatable bonds is 3. The molecular weight excluding hydrogens is 381 g/mol. The van der Waals surface area contributed by atoms with Crippen LogP contribution in [-0.2, 0) is 0 Å². The molecule has 0 unspecified atom stereocenters. The molecule has 3 N–H and O–H groups in total. The highest BCUT2D eigenvalue weighted by molar-refractivity contribution is 9.11. The van der Waals surface area contributed by atoms with Gasteiger partial charge < -0.3 is 10.8 Å². The van der Waals surface area contributed by atoms with Gasteiger partial charge in [0.15, 0.2) is 0 Å². The van der Waals surface area contributed by atoms with Crippen LogP contribution in [-0.4, -0.2) is 11.2 Å². The maximum atomic E-state index is 10.3. The van der Waals surface area contributed by atoms with E-state index in [1.165, 1.54) is 12.8 Å². The molecule has 0 bridgehead atoms. The summed E-state index contributed by atoms with van der Waals surface area (Å²) in [7, 11) is 0. The molecule has 2 rings (SSSR count). The Bertz CT molecular complexity index is 376. The molecular formula is C13H18Br2ClNO. The monoisotopic (exact) mass is 397 g/mol. The zero-order valence-corrected chi connectivity index (χ0v) is 14.0. The lowest BCUT2D eigenvalue weighted by atomic mass is 9.91. The van der Waals surface area contributed by atoms with Gasteiger partial charge >= 0.3 is 0 Å². The van der Waals surface area contributed by atoms with Crippen LogP contribution in [0, 0.1) is 5.92 Å². The summed E-state index contributed by atoms with van der Waals surface area (Å²) in [5.41, 5.74) is 7.14. The van der Waals surface area contributed by atoms with E-state index in [4.69, 9.17) is 5.73 Å². The van der Waals surface area contributed by atoms with Crippen molar-refractivity contribution in [3.05, 3.63) is 32.7 Å². The zero-order chi connectivity index (χ0) is 12.4. The van der Waals surface area contributed by atoms with Crippen LogP contribution >= 0.6 is 44.3 Å². The summed E-state index contributed by atoms with van der Waals surface area (Å²) in [5, 5.41) is 10.3. The summed E-state index contributed by atoms with van der Waals surface area (Å²) in [6, 6.07) is 5.63. The number of aliphatic hydroxyl groups is 1. The Kier molecular flexibility index (Phi) is 6.62. The summed E-state index contributed by atoms with van der Waals surface area (Å²) in [6.45, 7) is 0. The van der Waals surface area contributed by atoms with Gasteiger partial charge in [0.25, 0.3) is 0 Å². The minimum Gasteiger partial charge on any atom is -0.391 e.